The Hall–Kier alpha value is -1.35. The van der Waals surface area contributed by atoms with Gasteiger partial charge in [-0.25, -0.2) is 0 Å². The van der Waals surface area contributed by atoms with Crippen LogP contribution in [0.3, 0.4) is 0 Å². The van der Waals surface area contributed by atoms with Crippen molar-refractivity contribution in [3.05, 3.63) is 71.8 Å². The molecule has 0 saturated heterocycles. The van der Waals surface area contributed by atoms with E-state index >= 15 is 0 Å². The van der Waals surface area contributed by atoms with Crippen LogP contribution in [0.5, 0.6) is 0 Å². The van der Waals surface area contributed by atoms with E-state index in [1.807, 2.05) is 74.5 Å². The van der Waals surface area contributed by atoms with E-state index in [0.717, 1.165) is 11.1 Å². The van der Waals surface area contributed by atoms with Gasteiger partial charge in [0.1, 0.15) is 0 Å². The molecule has 0 radical (unpaired) electrons. The molecule has 4 rings (SSSR count). The van der Waals surface area contributed by atoms with Crippen molar-refractivity contribution < 1.29 is 82.6 Å². The molecule has 2 aromatic carbocycles. The maximum atomic E-state index is 9.18. The van der Waals surface area contributed by atoms with Gasteiger partial charge in [-0.3, -0.25) is 0 Å². The zero-order valence-corrected chi connectivity index (χ0v) is 29.9. The SMILES string of the molecule is C[C@@H](O)C1CCCCC1.C[C@@H](O)c1ccccc1.C[C@H](O)C1CCCCC1.C[C@H](O)c1ccccc1.O.O.[HH].[HH].[O]=[Ru]=[O].[O]=[Ru]=[O]. The van der Waals surface area contributed by atoms with Gasteiger partial charge in [-0.05, 0) is 76.3 Å². The van der Waals surface area contributed by atoms with Crippen LogP contribution in [0.25, 0.3) is 0 Å². The van der Waals surface area contributed by atoms with Crippen molar-refractivity contribution in [2.45, 2.75) is 116 Å². The summed E-state index contributed by atoms with van der Waals surface area (Å²) < 4.78 is 33.9. The van der Waals surface area contributed by atoms with Gasteiger partial charge in [0.25, 0.3) is 0 Å². The number of aliphatic hydroxyl groups is 4. The number of hydrogen-bond acceptors (Lipinski definition) is 8. The van der Waals surface area contributed by atoms with E-state index < -0.39 is 34.1 Å². The van der Waals surface area contributed by atoms with Crippen molar-refractivity contribution in [3.8, 4) is 0 Å². The third kappa shape index (κ3) is 29.4. The molecular formula is C32H60O10Ru2. The van der Waals surface area contributed by atoms with Gasteiger partial charge in [-0.1, -0.05) is 99.2 Å². The fourth-order valence-electron chi connectivity index (χ4n) is 4.70. The summed E-state index contributed by atoms with van der Waals surface area (Å²) in [4.78, 5) is 0. The molecule has 2 aliphatic carbocycles. The zero-order valence-electron chi connectivity index (χ0n) is 26.4. The van der Waals surface area contributed by atoms with Crippen LogP contribution in [-0.4, -0.2) is 43.6 Å². The third-order valence-corrected chi connectivity index (χ3v) is 7.23. The molecule has 0 heterocycles. The molecule has 0 bridgehead atoms. The first-order valence-electron chi connectivity index (χ1n) is 14.6. The van der Waals surface area contributed by atoms with Gasteiger partial charge in [-0.2, -0.15) is 0 Å². The molecule has 10 nitrogen and oxygen atoms in total. The Kier molecular flexibility index (Phi) is 38.9. The quantitative estimate of drug-likeness (QED) is 0.279. The predicted octanol–water partition coefficient (Wildman–Crippen LogP) is 5.74. The molecule has 44 heavy (non-hydrogen) atoms. The molecule has 2 aromatic rings. The summed E-state index contributed by atoms with van der Waals surface area (Å²) in [7, 11) is 0. The maximum absolute atomic E-state index is 9.18. The van der Waals surface area contributed by atoms with E-state index in [2.05, 4.69) is 0 Å². The van der Waals surface area contributed by atoms with Crippen molar-refractivity contribution in [2.75, 3.05) is 0 Å². The van der Waals surface area contributed by atoms with Gasteiger partial charge in [0.05, 0.1) is 24.4 Å². The fraction of sp³-hybridized carbons (Fsp3) is 0.625. The molecule has 2 aliphatic rings. The summed E-state index contributed by atoms with van der Waals surface area (Å²) in [6.45, 7) is 7.34. The van der Waals surface area contributed by atoms with Crippen LogP contribution in [0.2, 0.25) is 0 Å². The second kappa shape index (κ2) is 34.5. The Morgan fingerprint density at radius 3 is 0.886 bits per heavy atom. The summed E-state index contributed by atoms with van der Waals surface area (Å²) >= 11 is -3.58. The molecule has 12 heteroatoms. The minimum absolute atomic E-state index is 0. The van der Waals surface area contributed by atoms with Gasteiger partial charge in [0.15, 0.2) is 0 Å². The molecule has 4 atom stereocenters. The molecule has 0 spiro atoms. The van der Waals surface area contributed by atoms with Crippen LogP contribution >= 0.6 is 0 Å². The molecule has 264 valence electrons. The molecule has 0 amide bonds. The molecule has 0 unspecified atom stereocenters. The second-order valence-corrected chi connectivity index (χ2v) is 11.1. The van der Waals surface area contributed by atoms with Crippen LogP contribution in [0.1, 0.15) is 118 Å². The first-order chi connectivity index (χ1) is 20.0. The predicted molar refractivity (Wildman–Crippen MR) is 165 cm³/mol. The Bertz CT molecular complexity index is 855. The Balaban J connectivity index is -0.000000107. The molecule has 0 aromatic heterocycles. The number of aliphatic hydroxyl groups excluding tert-OH is 4. The minimum atomic E-state index is -1.79. The van der Waals surface area contributed by atoms with E-state index in [1.54, 1.807) is 13.8 Å². The van der Waals surface area contributed by atoms with Crippen molar-refractivity contribution >= 4 is 0 Å². The Morgan fingerprint density at radius 2 is 0.750 bits per heavy atom. The van der Waals surface area contributed by atoms with Crippen LogP contribution in [0.4, 0.5) is 0 Å². The number of benzene rings is 2. The van der Waals surface area contributed by atoms with Gasteiger partial charge >= 0.3 is 48.4 Å². The Morgan fingerprint density at radius 1 is 0.523 bits per heavy atom. The van der Waals surface area contributed by atoms with E-state index in [1.165, 1.54) is 64.2 Å². The van der Waals surface area contributed by atoms with E-state index in [0.29, 0.717) is 11.8 Å². The monoisotopic (exact) mass is 808 g/mol. The Labute approximate surface area is 281 Å². The average Bonchev–Trinajstić information content (AvgIpc) is 3.01. The van der Waals surface area contributed by atoms with Crippen LogP contribution < -0.4 is 0 Å². The van der Waals surface area contributed by atoms with Crippen LogP contribution in [0, 0.1) is 11.8 Å². The van der Waals surface area contributed by atoms with Crippen molar-refractivity contribution in [1.29, 1.82) is 0 Å². The van der Waals surface area contributed by atoms with Crippen molar-refractivity contribution in [2.24, 2.45) is 11.8 Å². The van der Waals surface area contributed by atoms with Crippen LogP contribution in [-0.2, 0) is 48.4 Å². The summed E-state index contributed by atoms with van der Waals surface area (Å²) in [5, 5.41) is 36.4. The average molecular weight is 807 g/mol. The number of hydrogen-bond donors (Lipinski definition) is 4. The van der Waals surface area contributed by atoms with E-state index in [4.69, 9.17) is 24.5 Å². The normalized spacial score (nSPS) is 16.7. The van der Waals surface area contributed by atoms with Gasteiger partial charge in [-0.15, -0.1) is 0 Å². The molecule has 2 fully saturated rings. The zero-order chi connectivity index (χ0) is 32.2. The summed E-state index contributed by atoms with van der Waals surface area (Å²) in [6, 6.07) is 19.2. The summed E-state index contributed by atoms with van der Waals surface area (Å²) in [5.41, 5.74) is 1.94. The van der Waals surface area contributed by atoms with Crippen LogP contribution in [0.15, 0.2) is 60.7 Å². The fourth-order valence-corrected chi connectivity index (χ4v) is 4.70. The van der Waals surface area contributed by atoms with Gasteiger partial charge in [0.2, 0.25) is 0 Å². The number of rotatable bonds is 4. The van der Waals surface area contributed by atoms with Gasteiger partial charge < -0.3 is 31.4 Å². The topological polar surface area (TPSA) is 212 Å². The summed E-state index contributed by atoms with van der Waals surface area (Å²) in [6.07, 6.45) is 12.3. The van der Waals surface area contributed by atoms with Crippen molar-refractivity contribution in [1.82, 2.24) is 0 Å². The third-order valence-electron chi connectivity index (χ3n) is 7.23. The standard InChI is InChI=1S/2C8H16O.2C8H10O.2H2O.4O.2Ru.2H2/c4*1-7(9)8-5-3-2-4-6-8;;;;;;;;;;/h2*7-9H,2-6H2,1H3;2*2-7,9H,1H3;2*1H2;;;;;;;2*1H/t4*7-;;;;;;;;;;/m1010........../s1. The molecule has 8 N–H and O–H groups in total. The van der Waals surface area contributed by atoms with Crippen molar-refractivity contribution in [3.63, 3.8) is 0 Å². The second-order valence-electron chi connectivity index (χ2n) is 10.6. The molecular weight excluding hydrogens is 746 g/mol. The van der Waals surface area contributed by atoms with E-state index in [9.17, 15) is 10.2 Å². The van der Waals surface area contributed by atoms with Gasteiger partial charge in [0, 0.05) is 2.85 Å². The van der Waals surface area contributed by atoms with E-state index in [-0.39, 0.29) is 38.2 Å². The molecule has 2 saturated carbocycles. The summed E-state index contributed by atoms with van der Waals surface area (Å²) in [5.74, 6) is 1.22. The first-order valence-corrected chi connectivity index (χ1v) is 17.5. The molecule has 0 aliphatic heterocycles. The first kappa shape index (κ1) is 49.5.